The first-order valence-corrected chi connectivity index (χ1v) is 5.53. The number of pyridine rings is 1. The number of nitrogens with zero attached hydrogens (tertiary/aromatic N) is 2. The molecule has 0 aliphatic carbocycles. The number of hydrogen-bond acceptors (Lipinski definition) is 4. The Morgan fingerprint density at radius 3 is 2.89 bits per heavy atom. The Bertz CT molecular complexity index is 475. The second kappa shape index (κ2) is 6.74. The molecule has 0 aromatic carbocycles. The van der Waals surface area contributed by atoms with Crippen LogP contribution in [0, 0.1) is 11.8 Å². The summed E-state index contributed by atoms with van der Waals surface area (Å²) in [5.74, 6) is 4.95. The first-order valence-electron chi connectivity index (χ1n) is 5.53. The monoisotopic (exact) mass is 248 g/mol. The summed E-state index contributed by atoms with van der Waals surface area (Å²) in [4.78, 5) is 17.3. The van der Waals surface area contributed by atoms with Gasteiger partial charge in [-0.3, -0.25) is 9.78 Å². The van der Waals surface area contributed by atoms with Crippen molar-refractivity contribution in [1.29, 1.82) is 0 Å². The molecule has 1 atom stereocenters. The topological polar surface area (TPSA) is 73.7 Å². The lowest BCUT2D eigenvalue weighted by atomic mass is 10.2. The zero-order chi connectivity index (χ0) is 13.5. The van der Waals surface area contributed by atoms with E-state index < -0.39 is 6.10 Å². The van der Waals surface area contributed by atoms with Crippen LogP contribution < -0.4 is 0 Å². The Hall–Kier alpha value is -1.90. The molecule has 1 aromatic rings. The molecular weight excluding hydrogens is 232 g/mol. The van der Waals surface area contributed by atoms with Crippen molar-refractivity contribution in [2.75, 3.05) is 20.2 Å². The van der Waals surface area contributed by atoms with Crippen LogP contribution >= 0.6 is 0 Å². The largest absolute Gasteiger partial charge is 0.392 e. The summed E-state index contributed by atoms with van der Waals surface area (Å²) >= 11 is 0. The highest BCUT2D eigenvalue weighted by Crippen LogP contribution is 2.05. The number of amides is 1. The highest BCUT2D eigenvalue weighted by Gasteiger charge is 2.13. The molecule has 1 unspecified atom stereocenters. The van der Waals surface area contributed by atoms with Crippen LogP contribution in [0.2, 0.25) is 0 Å². The summed E-state index contributed by atoms with van der Waals surface area (Å²) in [5, 5.41) is 17.8. The van der Waals surface area contributed by atoms with Crippen molar-refractivity contribution in [3.8, 4) is 11.8 Å². The van der Waals surface area contributed by atoms with Crippen molar-refractivity contribution in [3.63, 3.8) is 0 Å². The van der Waals surface area contributed by atoms with Gasteiger partial charge in [-0.1, -0.05) is 11.8 Å². The summed E-state index contributed by atoms with van der Waals surface area (Å²) in [6.45, 7) is 1.64. The van der Waals surface area contributed by atoms with Gasteiger partial charge in [0.1, 0.15) is 6.61 Å². The van der Waals surface area contributed by atoms with Gasteiger partial charge >= 0.3 is 0 Å². The minimum atomic E-state index is -0.579. The zero-order valence-corrected chi connectivity index (χ0v) is 10.4. The Labute approximate surface area is 106 Å². The van der Waals surface area contributed by atoms with Crippen LogP contribution in [0.3, 0.4) is 0 Å². The average Bonchev–Trinajstić information content (AvgIpc) is 2.35. The molecule has 1 heterocycles. The zero-order valence-electron chi connectivity index (χ0n) is 10.4. The molecule has 5 heteroatoms. The van der Waals surface area contributed by atoms with Crippen molar-refractivity contribution in [2.45, 2.75) is 13.0 Å². The predicted octanol–water partition coefficient (Wildman–Crippen LogP) is -0.122. The molecule has 0 saturated heterocycles. The van der Waals surface area contributed by atoms with Crippen LogP contribution in [-0.4, -0.2) is 52.3 Å². The molecular formula is C13H16N2O3. The molecule has 0 saturated carbocycles. The van der Waals surface area contributed by atoms with E-state index in [-0.39, 0.29) is 19.1 Å². The SMILES string of the molecule is CC(O)CN(C)C(=O)c1cncc(C#CCO)c1. The predicted molar refractivity (Wildman–Crippen MR) is 66.8 cm³/mol. The van der Waals surface area contributed by atoms with E-state index in [2.05, 4.69) is 16.8 Å². The number of aliphatic hydroxyl groups is 2. The van der Waals surface area contributed by atoms with E-state index in [0.29, 0.717) is 11.1 Å². The van der Waals surface area contributed by atoms with E-state index in [0.717, 1.165) is 0 Å². The Morgan fingerprint density at radius 1 is 1.56 bits per heavy atom. The van der Waals surface area contributed by atoms with E-state index in [4.69, 9.17) is 5.11 Å². The van der Waals surface area contributed by atoms with E-state index in [1.165, 1.54) is 17.3 Å². The van der Waals surface area contributed by atoms with Crippen LogP contribution in [0.4, 0.5) is 0 Å². The van der Waals surface area contributed by atoms with Crippen LogP contribution in [0.1, 0.15) is 22.8 Å². The number of carbonyl (C=O) groups excluding carboxylic acids is 1. The van der Waals surface area contributed by atoms with Gasteiger partial charge in [-0.05, 0) is 13.0 Å². The number of likely N-dealkylation sites (N-methyl/N-ethyl adjacent to an activating group) is 1. The third-order valence-electron chi connectivity index (χ3n) is 2.18. The fourth-order valence-corrected chi connectivity index (χ4v) is 1.47. The molecule has 5 nitrogen and oxygen atoms in total. The van der Waals surface area contributed by atoms with Crippen molar-refractivity contribution >= 4 is 5.91 Å². The maximum absolute atomic E-state index is 12.0. The number of aliphatic hydroxyl groups excluding tert-OH is 2. The molecule has 18 heavy (non-hydrogen) atoms. The second-order valence-corrected chi connectivity index (χ2v) is 3.96. The van der Waals surface area contributed by atoms with E-state index in [1.54, 1.807) is 20.0 Å². The summed E-state index contributed by atoms with van der Waals surface area (Å²) in [5.41, 5.74) is 0.975. The second-order valence-electron chi connectivity index (χ2n) is 3.96. The first-order chi connectivity index (χ1) is 8.54. The lowest BCUT2D eigenvalue weighted by Crippen LogP contribution is -2.33. The highest BCUT2D eigenvalue weighted by atomic mass is 16.3. The van der Waals surface area contributed by atoms with Gasteiger partial charge < -0.3 is 15.1 Å². The van der Waals surface area contributed by atoms with Crippen LogP contribution in [0.25, 0.3) is 0 Å². The fourth-order valence-electron chi connectivity index (χ4n) is 1.47. The van der Waals surface area contributed by atoms with Gasteiger partial charge in [-0.25, -0.2) is 0 Å². The molecule has 0 aliphatic heterocycles. The molecule has 96 valence electrons. The van der Waals surface area contributed by atoms with Gasteiger partial charge in [0.2, 0.25) is 0 Å². The quantitative estimate of drug-likeness (QED) is 0.731. The smallest absolute Gasteiger partial charge is 0.255 e. The van der Waals surface area contributed by atoms with Gasteiger partial charge in [0.15, 0.2) is 0 Å². The molecule has 0 fully saturated rings. The lowest BCUT2D eigenvalue weighted by molar-refractivity contribution is 0.0703. The Balaban J connectivity index is 2.86. The van der Waals surface area contributed by atoms with Crippen LogP contribution in [0.15, 0.2) is 18.5 Å². The average molecular weight is 248 g/mol. The normalized spacial score (nSPS) is 11.3. The molecule has 1 rings (SSSR count). The van der Waals surface area contributed by atoms with Gasteiger partial charge in [-0.2, -0.15) is 0 Å². The molecule has 0 spiro atoms. The van der Waals surface area contributed by atoms with Crippen molar-refractivity contribution < 1.29 is 15.0 Å². The van der Waals surface area contributed by atoms with Gasteiger partial charge in [0, 0.05) is 31.5 Å². The number of hydrogen-bond donors (Lipinski definition) is 2. The lowest BCUT2D eigenvalue weighted by Gasteiger charge is -2.18. The van der Waals surface area contributed by atoms with Crippen molar-refractivity contribution in [3.05, 3.63) is 29.6 Å². The highest BCUT2D eigenvalue weighted by molar-refractivity contribution is 5.94. The molecule has 0 aliphatic rings. The first kappa shape index (κ1) is 14.2. The minimum Gasteiger partial charge on any atom is -0.392 e. The van der Waals surface area contributed by atoms with Crippen molar-refractivity contribution in [2.24, 2.45) is 0 Å². The molecule has 0 radical (unpaired) electrons. The summed E-state index contributed by atoms with van der Waals surface area (Å²) in [6.07, 6.45) is 2.39. The standard InChI is InChI=1S/C13H16N2O3/c1-10(17)9-15(2)13(18)12-6-11(4-3-5-16)7-14-8-12/h6-8,10,16-17H,5,9H2,1-2H3. The number of carbonyl (C=O) groups is 1. The molecule has 0 bridgehead atoms. The van der Waals surface area contributed by atoms with E-state index >= 15 is 0 Å². The maximum Gasteiger partial charge on any atom is 0.255 e. The third-order valence-corrected chi connectivity index (χ3v) is 2.18. The number of rotatable bonds is 3. The molecule has 2 N–H and O–H groups in total. The molecule has 1 amide bonds. The van der Waals surface area contributed by atoms with Gasteiger partial charge in [0.25, 0.3) is 5.91 Å². The van der Waals surface area contributed by atoms with Gasteiger partial charge in [0.05, 0.1) is 11.7 Å². The summed E-state index contributed by atoms with van der Waals surface area (Å²) < 4.78 is 0. The summed E-state index contributed by atoms with van der Waals surface area (Å²) in [7, 11) is 1.61. The Morgan fingerprint density at radius 2 is 2.28 bits per heavy atom. The maximum atomic E-state index is 12.0. The van der Waals surface area contributed by atoms with Crippen LogP contribution in [-0.2, 0) is 0 Å². The van der Waals surface area contributed by atoms with Gasteiger partial charge in [-0.15, -0.1) is 0 Å². The van der Waals surface area contributed by atoms with Crippen LogP contribution in [0.5, 0.6) is 0 Å². The van der Waals surface area contributed by atoms with E-state index in [1.807, 2.05) is 0 Å². The fraction of sp³-hybridized carbons (Fsp3) is 0.385. The minimum absolute atomic E-state index is 0.226. The van der Waals surface area contributed by atoms with E-state index in [9.17, 15) is 9.90 Å². The number of aromatic nitrogens is 1. The summed E-state index contributed by atoms with van der Waals surface area (Å²) in [6, 6.07) is 1.61. The van der Waals surface area contributed by atoms with Crippen molar-refractivity contribution in [1.82, 2.24) is 9.88 Å². The third kappa shape index (κ3) is 4.17. The Kier molecular flexibility index (Phi) is 5.31. The molecule has 1 aromatic heterocycles.